The van der Waals surface area contributed by atoms with Crippen LogP contribution in [0.4, 0.5) is 11.4 Å². The molecule has 3 rings (SSSR count). The zero-order valence-electron chi connectivity index (χ0n) is 11.4. The molecule has 110 valence electrons. The van der Waals surface area contributed by atoms with Gasteiger partial charge in [-0.15, -0.1) is 0 Å². The van der Waals surface area contributed by atoms with E-state index in [1.165, 1.54) is 4.90 Å². The van der Waals surface area contributed by atoms with Crippen LogP contribution in [0.3, 0.4) is 0 Å². The highest BCUT2D eigenvalue weighted by atomic mass is 35.5. The molecule has 1 heterocycles. The normalized spacial score (nSPS) is 13.2. The van der Waals surface area contributed by atoms with Gasteiger partial charge >= 0.3 is 0 Å². The van der Waals surface area contributed by atoms with Gasteiger partial charge < -0.3 is 5.32 Å². The summed E-state index contributed by atoms with van der Waals surface area (Å²) in [5.41, 5.74) is 1.36. The molecule has 2 aromatic carbocycles. The second-order valence-electron chi connectivity index (χ2n) is 4.79. The van der Waals surface area contributed by atoms with Crippen LogP contribution in [0.15, 0.2) is 48.5 Å². The number of fused-ring (bicyclic) bond motifs is 1. The molecule has 1 aliphatic heterocycles. The largest absolute Gasteiger partial charge is 0.325 e. The van der Waals surface area contributed by atoms with Gasteiger partial charge in [0, 0.05) is 10.7 Å². The Balaban J connectivity index is 1.76. The van der Waals surface area contributed by atoms with Crippen molar-refractivity contribution in [1.29, 1.82) is 0 Å². The molecule has 22 heavy (non-hydrogen) atoms. The predicted octanol–water partition coefficient (Wildman–Crippen LogP) is 2.51. The minimum atomic E-state index is -0.688. The molecule has 1 N–H and O–H groups in total. The van der Waals surface area contributed by atoms with E-state index >= 15 is 0 Å². The summed E-state index contributed by atoms with van der Waals surface area (Å²) >= 11 is 5.77. The lowest BCUT2D eigenvalue weighted by molar-refractivity contribution is -0.118. The Morgan fingerprint density at radius 2 is 1.73 bits per heavy atom. The number of hydrogen-bond donors (Lipinski definition) is 1. The molecule has 5 nitrogen and oxygen atoms in total. The summed E-state index contributed by atoms with van der Waals surface area (Å²) in [5, 5.41) is 3.22. The van der Waals surface area contributed by atoms with Crippen LogP contribution in [0, 0.1) is 0 Å². The zero-order valence-corrected chi connectivity index (χ0v) is 12.1. The lowest BCUT2D eigenvalue weighted by Gasteiger charge is -2.16. The molecule has 6 heteroatoms. The van der Waals surface area contributed by atoms with E-state index in [0.29, 0.717) is 22.0 Å². The fourth-order valence-corrected chi connectivity index (χ4v) is 2.41. The molecule has 2 aromatic rings. The first-order chi connectivity index (χ1) is 10.6. The van der Waals surface area contributed by atoms with Gasteiger partial charge in [0.25, 0.3) is 11.7 Å². The highest BCUT2D eigenvalue weighted by molar-refractivity contribution is 6.52. The number of benzene rings is 2. The standard InChI is InChI=1S/C16H11ClN2O3/c17-10-5-7-11(8-6-10)18-14(20)9-19-13-4-2-1-3-12(13)15(21)16(19)22/h1-8H,9H2,(H,18,20). The van der Waals surface area contributed by atoms with E-state index in [9.17, 15) is 14.4 Å². The van der Waals surface area contributed by atoms with Crippen LogP contribution in [-0.2, 0) is 9.59 Å². The maximum atomic E-state index is 12.1. The summed E-state index contributed by atoms with van der Waals surface area (Å²) in [6.07, 6.45) is 0. The maximum absolute atomic E-state index is 12.1. The summed E-state index contributed by atoms with van der Waals surface area (Å²) in [4.78, 5) is 37.1. The number of carbonyl (C=O) groups excluding carboxylic acids is 3. The molecule has 0 saturated heterocycles. The predicted molar refractivity (Wildman–Crippen MR) is 83.2 cm³/mol. The van der Waals surface area contributed by atoms with Gasteiger partial charge in [-0.25, -0.2) is 0 Å². The molecule has 1 aliphatic rings. The van der Waals surface area contributed by atoms with E-state index in [4.69, 9.17) is 11.6 Å². The number of rotatable bonds is 3. The van der Waals surface area contributed by atoms with E-state index in [-0.39, 0.29) is 12.5 Å². The van der Waals surface area contributed by atoms with E-state index in [0.717, 1.165) is 0 Å². The second-order valence-corrected chi connectivity index (χ2v) is 5.23. The lowest BCUT2D eigenvalue weighted by Crippen LogP contribution is -2.37. The van der Waals surface area contributed by atoms with E-state index in [2.05, 4.69) is 5.32 Å². The smallest absolute Gasteiger partial charge is 0.299 e. The van der Waals surface area contributed by atoms with Crippen LogP contribution < -0.4 is 10.2 Å². The van der Waals surface area contributed by atoms with Gasteiger partial charge in [0.05, 0.1) is 11.3 Å². The quantitative estimate of drug-likeness (QED) is 0.885. The van der Waals surface area contributed by atoms with Crippen molar-refractivity contribution in [2.75, 3.05) is 16.8 Å². The number of hydrogen-bond acceptors (Lipinski definition) is 3. The van der Waals surface area contributed by atoms with Gasteiger partial charge in [0.2, 0.25) is 5.91 Å². The third kappa shape index (κ3) is 2.58. The van der Waals surface area contributed by atoms with Crippen LogP contribution in [0.1, 0.15) is 10.4 Å². The van der Waals surface area contributed by atoms with Crippen molar-refractivity contribution in [3.63, 3.8) is 0 Å². The van der Waals surface area contributed by atoms with Crippen molar-refractivity contribution >= 4 is 40.6 Å². The summed E-state index contributed by atoms with van der Waals surface area (Å²) < 4.78 is 0. The first-order valence-corrected chi connectivity index (χ1v) is 6.95. The van der Waals surface area contributed by atoms with Crippen molar-refractivity contribution < 1.29 is 14.4 Å². The molecular weight excluding hydrogens is 304 g/mol. The van der Waals surface area contributed by atoms with Crippen LogP contribution in [0.2, 0.25) is 5.02 Å². The Morgan fingerprint density at radius 1 is 1.05 bits per heavy atom. The average molecular weight is 315 g/mol. The van der Waals surface area contributed by atoms with Crippen molar-refractivity contribution in [2.24, 2.45) is 0 Å². The van der Waals surface area contributed by atoms with E-state index in [1.807, 2.05) is 0 Å². The maximum Gasteiger partial charge on any atom is 0.299 e. The topological polar surface area (TPSA) is 66.5 Å². The molecule has 0 spiro atoms. The van der Waals surface area contributed by atoms with Crippen LogP contribution >= 0.6 is 11.6 Å². The Labute approximate surface area is 131 Å². The van der Waals surface area contributed by atoms with Gasteiger partial charge in [-0.3, -0.25) is 19.3 Å². The van der Waals surface area contributed by atoms with E-state index < -0.39 is 11.7 Å². The van der Waals surface area contributed by atoms with Crippen LogP contribution in [-0.4, -0.2) is 24.1 Å². The number of nitrogens with one attached hydrogen (secondary N) is 1. The first-order valence-electron chi connectivity index (χ1n) is 6.57. The van der Waals surface area contributed by atoms with Crippen LogP contribution in [0.5, 0.6) is 0 Å². The third-order valence-corrected chi connectivity index (χ3v) is 3.56. The van der Waals surface area contributed by atoms with Gasteiger partial charge in [-0.2, -0.15) is 0 Å². The van der Waals surface area contributed by atoms with E-state index in [1.54, 1.807) is 48.5 Å². The van der Waals surface area contributed by atoms with Crippen LogP contribution in [0.25, 0.3) is 0 Å². The molecular formula is C16H11ClN2O3. The fourth-order valence-electron chi connectivity index (χ4n) is 2.28. The minimum absolute atomic E-state index is 0.218. The van der Waals surface area contributed by atoms with Crippen molar-refractivity contribution in [3.05, 3.63) is 59.1 Å². The van der Waals surface area contributed by atoms with Gasteiger partial charge in [0.15, 0.2) is 0 Å². The van der Waals surface area contributed by atoms with Gasteiger partial charge in [-0.1, -0.05) is 23.7 Å². The minimum Gasteiger partial charge on any atom is -0.325 e. The zero-order chi connectivity index (χ0) is 15.7. The molecule has 0 aliphatic carbocycles. The van der Waals surface area contributed by atoms with Crippen molar-refractivity contribution in [2.45, 2.75) is 0 Å². The first kappa shape index (κ1) is 14.3. The molecule has 0 bridgehead atoms. The number of nitrogens with zero attached hydrogens (tertiary/aromatic N) is 1. The van der Waals surface area contributed by atoms with Gasteiger partial charge in [0.1, 0.15) is 6.54 Å². The lowest BCUT2D eigenvalue weighted by atomic mass is 10.1. The Bertz CT molecular complexity index is 771. The number of ketones is 1. The fraction of sp³-hybridized carbons (Fsp3) is 0.0625. The molecule has 0 unspecified atom stereocenters. The number of para-hydroxylation sites is 1. The number of Topliss-reactive ketones (excluding diaryl/α,β-unsaturated/α-hetero) is 1. The second kappa shape index (κ2) is 5.61. The monoisotopic (exact) mass is 314 g/mol. The van der Waals surface area contributed by atoms with Crippen molar-refractivity contribution in [1.82, 2.24) is 0 Å². The molecule has 0 radical (unpaired) electrons. The number of halogens is 1. The van der Waals surface area contributed by atoms with Crippen molar-refractivity contribution in [3.8, 4) is 0 Å². The molecule has 0 aromatic heterocycles. The number of carbonyl (C=O) groups is 3. The SMILES string of the molecule is O=C(CN1C(=O)C(=O)c2ccccc21)Nc1ccc(Cl)cc1. The Morgan fingerprint density at radius 3 is 2.45 bits per heavy atom. The third-order valence-electron chi connectivity index (χ3n) is 3.31. The summed E-state index contributed by atoms with van der Waals surface area (Å²) in [7, 11) is 0. The molecule has 0 fully saturated rings. The number of amides is 2. The summed E-state index contributed by atoms with van der Waals surface area (Å²) in [5.74, 6) is -1.66. The highest BCUT2D eigenvalue weighted by Gasteiger charge is 2.36. The Kier molecular flexibility index (Phi) is 3.65. The highest BCUT2D eigenvalue weighted by Crippen LogP contribution is 2.28. The number of anilines is 2. The van der Waals surface area contributed by atoms with Gasteiger partial charge in [-0.05, 0) is 36.4 Å². The average Bonchev–Trinajstić information content (AvgIpc) is 2.75. The molecule has 0 saturated carbocycles. The Hall–Kier alpha value is -2.66. The summed E-state index contributed by atoms with van der Waals surface area (Å²) in [6, 6.07) is 13.2. The molecule has 2 amide bonds. The molecule has 0 atom stereocenters. The summed E-state index contributed by atoms with van der Waals surface area (Å²) in [6.45, 7) is -0.218.